The lowest BCUT2D eigenvalue weighted by Gasteiger charge is -2.25. The molecule has 176 valence electrons. The zero-order valence-electron chi connectivity index (χ0n) is 18.6. The maximum atomic E-state index is 12.7. The van der Waals surface area contributed by atoms with Crippen molar-refractivity contribution in [2.45, 2.75) is 43.9 Å². The topological polar surface area (TPSA) is 110 Å². The van der Waals surface area contributed by atoms with Crippen molar-refractivity contribution < 1.29 is 27.5 Å². The fourth-order valence-corrected chi connectivity index (χ4v) is 5.08. The Labute approximate surface area is 194 Å². The van der Waals surface area contributed by atoms with Crippen LogP contribution in [0.15, 0.2) is 53.4 Å². The van der Waals surface area contributed by atoms with Crippen molar-refractivity contribution in [3.05, 3.63) is 59.7 Å². The summed E-state index contributed by atoms with van der Waals surface area (Å²) in [5.74, 6) is -1.15. The summed E-state index contributed by atoms with van der Waals surface area (Å²) in [5, 5.41) is 2.58. The first kappa shape index (κ1) is 24.6. The van der Waals surface area contributed by atoms with Gasteiger partial charge in [-0.1, -0.05) is 30.7 Å². The van der Waals surface area contributed by atoms with Gasteiger partial charge in [0.15, 0.2) is 12.4 Å². The van der Waals surface area contributed by atoms with Gasteiger partial charge >= 0.3 is 5.97 Å². The number of sulfonamides is 1. The average Bonchev–Trinajstić information content (AvgIpc) is 2.82. The number of benzene rings is 2. The molecular formula is C24H28N2O6S. The van der Waals surface area contributed by atoms with Crippen molar-refractivity contribution in [1.29, 1.82) is 0 Å². The molecule has 0 radical (unpaired) electrons. The largest absolute Gasteiger partial charge is 0.456 e. The number of piperidine rings is 1. The normalized spacial score (nSPS) is 14.5. The summed E-state index contributed by atoms with van der Waals surface area (Å²) >= 11 is 0. The molecule has 1 heterocycles. The van der Waals surface area contributed by atoms with Crippen molar-refractivity contribution in [3.8, 4) is 0 Å². The van der Waals surface area contributed by atoms with Crippen LogP contribution in [0.1, 0.15) is 48.5 Å². The molecule has 0 aromatic heterocycles. The summed E-state index contributed by atoms with van der Waals surface area (Å²) in [6.45, 7) is 2.09. The van der Waals surface area contributed by atoms with E-state index in [0.29, 0.717) is 30.8 Å². The monoisotopic (exact) mass is 472 g/mol. The number of carbonyl (C=O) groups is 3. The van der Waals surface area contributed by atoms with E-state index in [9.17, 15) is 22.8 Å². The molecule has 0 bridgehead atoms. The van der Waals surface area contributed by atoms with E-state index in [4.69, 9.17) is 4.74 Å². The summed E-state index contributed by atoms with van der Waals surface area (Å²) < 4.78 is 31.9. The molecule has 0 aliphatic carbocycles. The summed E-state index contributed by atoms with van der Waals surface area (Å²) in [6.07, 6.45) is 3.23. The highest BCUT2D eigenvalue weighted by Crippen LogP contribution is 2.21. The number of nitrogens with zero attached hydrogens (tertiary/aromatic N) is 1. The molecule has 1 aliphatic rings. The van der Waals surface area contributed by atoms with E-state index < -0.39 is 28.5 Å². The molecule has 1 amide bonds. The first-order valence-corrected chi connectivity index (χ1v) is 12.4. The molecule has 33 heavy (non-hydrogen) atoms. The minimum atomic E-state index is -3.48. The van der Waals surface area contributed by atoms with Crippen molar-refractivity contribution >= 4 is 33.4 Å². The van der Waals surface area contributed by atoms with Crippen LogP contribution >= 0.6 is 0 Å². The molecule has 1 aliphatic heterocycles. The molecule has 2 aromatic carbocycles. The molecule has 3 rings (SSSR count). The number of Topliss-reactive ketones (excluding diaryl/α,β-unsaturated/α-hetero) is 1. The molecule has 9 heteroatoms. The van der Waals surface area contributed by atoms with Crippen LogP contribution in [0.5, 0.6) is 0 Å². The first-order chi connectivity index (χ1) is 15.8. The van der Waals surface area contributed by atoms with Crippen LogP contribution in [-0.2, 0) is 30.8 Å². The zero-order valence-corrected chi connectivity index (χ0v) is 19.4. The van der Waals surface area contributed by atoms with Crippen LogP contribution in [0.4, 0.5) is 5.69 Å². The van der Waals surface area contributed by atoms with Gasteiger partial charge in [0.25, 0.3) is 5.91 Å². The van der Waals surface area contributed by atoms with E-state index in [-0.39, 0.29) is 17.1 Å². The van der Waals surface area contributed by atoms with Crippen LogP contribution < -0.4 is 5.32 Å². The molecule has 1 fully saturated rings. The van der Waals surface area contributed by atoms with E-state index in [1.165, 1.54) is 11.2 Å². The third-order valence-electron chi connectivity index (χ3n) is 5.41. The number of hydrogen-bond donors (Lipinski definition) is 1. The van der Waals surface area contributed by atoms with Crippen molar-refractivity contribution in [2.75, 3.05) is 25.0 Å². The predicted octanol–water partition coefficient (Wildman–Crippen LogP) is 3.18. The second kappa shape index (κ2) is 11.2. The fourth-order valence-electron chi connectivity index (χ4n) is 3.56. The summed E-state index contributed by atoms with van der Waals surface area (Å²) in [5.41, 5.74) is 1.72. The lowest BCUT2D eigenvalue weighted by atomic mass is 10.1. The number of ether oxygens (including phenoxy) is 1. The van der Waals surface area contributed by atoms with Gasteiger partial charge in [-0.25, -0.2) is 8.42 Å². The van der Waals surface area contributed by atoms with Gasteiger partial charge < -0.3 is 10.1 Å². The Morgan fingerprint density at radius 2 is 1.70 bits per heavy atom. The lowest BCUT2D eigenvalue weighted by Crippen LogP contribution is -2.35. The number of amides is 1. The minimum absolute atomic E-state index is 0.0608. The average molecular weight is 473 g/mol. The number of carbonyl (C=O) groups excluding carboxylic acids is 3. The van der Waals surface area contributed by atoms with Gasteiger partial charge in [-0.15, -0.1) is 0 Å². The van der Waals surface area contributed by atoms with E-state index >= 15 is 0 Å². The number of esters is 1. The standard InChI is InChI=1S/C24H28N2O6S/c1-18(27)20-6-5-7-21(16-20)25-23(28)17-32-24(29)13-10-19-8-11-22(12-9-19)33(30,31)26-14-3-2-4-15-26/h5-9,11-12,16H,2-4,10,13-15,17H2,1H3,(H,25,28). The number of aryl methyl sites for hydroxylation is 1. The van der Waals surface area contributed by atoms with Crippen LogP contribution in [-0.4, -0.2) is 50.1 Å². The van der Waals surface area contributed by atoms with Crippen molar-refractivity contribution in [1.82, 2.24) is 4.31 Å². The quantitative estimate of drug-likeness (QED) is 0.443. The van der Waals surface area contributed by atoms with E-state index in [2.05, 4.69) is 5.32 Å². The number of rotatable bonds is 9. The van der Waals surface area contributed by atoms with Crippen LogP contribution in [0.2, 0.25) is 0 Å². The smallest absolute Gasteiger partial charge is 0.306 e. The van der Waals surface area contributed by atoms with Gasteiger partial charge in [-0.05, 0) is 56.0 Å². The van der Waals surface area contributed by atoms with E-state index in [0.717, 1.165) is 24.8 Å². The van der Waals surface area contributed by atoms with Gasteiger partial charge in [0.2, 0.25) is 10.0 Å². The van der Waals surface area contributed by atoms with Crippen molar-refractivity contribution in [3.63, 3.8) is 0 Å². The highest BCUT2D eigenvalue weighted by atomic mass is 32.2. The Morgan fingerprint density at radius 1 is 1.00 bits per heavy atom. The number of ketones is 1. The predicted molar refractivity (Wildman–Crippen MR) is 123 cm³/mol. The van der Waals surface area contributed by atoms with Gasteiger partial charge in [-0.3, -0.25) is 14.4 Å². The highest BCUT2D eigenvalue weighted by molar-refractivity contribution is 7.89. The van der Waals surface area contributed by atoms with Gasteiger partial charge in [0, 0.05) is 30.8 Å². The summed E-state index contributed by atoms with van der Waals surface area (Å²) in [6, 6.07) is 13.0. The van der Waals surface area contributed by atoms with Gasteiger partial charge in [0.1, 0.15) is 0 Å². The Morgan fingerprint density at radius 3 is 2.36 bits per heavy atom. The van der Waals surface area contributed by atoms with Crippen LogP contribution in [0.3, 0.4) is 0 Å². The minimum Gasteiger partial charge on any atom is -0.456 e. The van der Waals surface area contributed by atoms with E-state index in [1.54, 1.807) is 48.5 Å². The number of hydrogen-bond acceptors (Lipinski definition) is 6. The van der Waals surface area contributed by atoms with E-state index in [1.807, 2.05) is 0 Å². The van der Waals surface area contributed by atoms with Gasteiger partial charge in [-0.2, -0.15) is 4.31 Å². The molecule has 2 aromatic rings. The Hall–Kier alpha value is -3.04. The van der Waals surface area contributed by atoms with Crippen LogP contribution in [0, 0.1) is 0 Å². The Bertz CT molecular complexity index is 1110. The number of anilines is 1. The molecule has 1 N–H and O–H groups in total. The first-order valence-electron chi connectivity index (χ1n) is 10.9. The number of nitrogens with one attached hydrogen (secondary N) is 1. The molecule has 1 saturated heterocycles. The maximum Gasteiger partial charge on any atom is 0.306 e. The highest BCUT2D eigenvalue weighted by Gasteiger charge is 2.25. The molecule has 0 atom stereocenters. The SMILES string of the molecule is CC(=O)c1cccc(NC(=O)COC(=O)CCc2ccc(S(=O)(=O)N3CCCCC3)cc2)c1. The van der Waals surface area contributed by atoms with Crippen LogP contribution in [0.25, 0.3) is 0 Å². The molecule has 0 spiro atoms. The molecular weight excluding hydrogens is 444 g/mol. The second-order valence-electron chi connectivity index (χ2n) is 7.95. The summed E-state index contributed by atoms with van der Waals surface area (Å²) in [4.78, 5) is 35.7. The summed E-state index contributed by atoms with van der Waals surface area (Å²) in [7, 11) is -3.48. The maximum absolute atomic E-state index is 12.7. The van der Waals surface area contributed by atoms with Crippen molar-refractivity contribution in [2.24, 2.45) is 0 Å². The second-order valence-corrected chi connectivity index (χ2v) is 9.89. The third-order valence-corrected chi connectivity index (χ3v) is 7.32. The third kappa shape index (κ3) is 6.97. The Balaban J connectivity index is 1.44. The Kier molecular flexibility index (Phi) is 8.35. The molecule has 0 saturated carbocycles. The zero-order chi connectivity index (χ0) is 23.8. The van der Waals surface area contributed by atoms with Gasteiger partial charge in [0.05, 0.1) is 4.90 Å². The fraction of sp³-hybridized carbons (Fsp3) is 0.375. The molecule has 0 unspecified atom stereocenters. The molecule has 8 nitrogen and oxygen atoms in total. The lowest BCUT2D eigenvalue weighted by molar-refractivity contribution is -0.147.